The summed E-state index contributed by atoms with van der Waals surface area (Å²) in [6, 6.07) is 13.8. The summed E-state index contributed by atoms with van der Waals surface area (Å²) in [5.41, 5.74) is 0.580. The molecule has 0 N–H and O–H groups in total. The van der Waals surface area contributed by atoms with Gasteiger partial charge in [-0.05, 0) is 24.3 Å². The minimum atomic E-state index is -0.241. The monoisotopic (exact) mass is 342 g/mol. The third kappa shape index (κ3) is 2.05. The summed E-state index contributed by atoms with van der Waals surface area (Å²) in [4.78, 5) is 33.9. The van der Waals surface area contributed by atoms with Gasteiger partial charge in [0.05, 0.1) is 10.8 Å². The molecule has 26 heavy (non-hydrogen) atoms. The van der Waals surface area contributed by atoms with E-state index in [0.717, 1.165) is 0 Å². The molecule has 0 amide bonds. The minimum absolute atomic E-state index is 0.107. The quantitative estimate of drug-likeness (QED) is 0.461. The van der Waals surface area contributed by atoms with Gasteiger partial charge in [0.15, 0.2) is 0 Å². The number of nitrogens with zero attached hydrogens (tertiary/aromatic N) is 2. The zero-order valence-electron chi connectivity index (χ0n) is 13.3. The topological polar surface area (TPSA) is 85.1 Å². The molecule has 6 nitrogen and oxygen atoms in total. The van der Waals surface area contributed by atoms with Gasteiger partial charge in [-0.15, -0.1) is 0 Å². The molecule has 0 spiro atoms. The van der Waals surface area contributed by atoms with Crippen LogP contribution < -0.4 is 32.4 Å². The number of fused-ring (bicyclic) bond motifs is 4. The molecule has 0 atom stereocenters. The third-order valence-corrected chi connectivity index (χ3v) is 4.25. The van der Waals surface area contributed by atoms with Crippen molar-refractivity contribution in [2.45, 2.75) is 0 Å². The first-order valence-electron chi connectivity index (χ1n) is 7.92. The predicted molar refractivity (Wildman–Crippen MR) is 95.5 cm³/mol. The van der Waals surface area contributed by atoms with Gasteiger partial charge in [0.1, 0.15) is 21.6 Å². The number of hydrogen-bond donors (Lipinski definition) is 0. The summed E-state index contributed by atoms with van der Waals surface area (Å²) in [6.45, 7) is 0. The van der Waals surface area contributed by atoms with E-state index in [0.29, 0.717) is 21.9 Å². The Morgan fingerprint density at radius 3 is 1.50 bits per heavy atom. The lowest BCUT2D eigenvalue weighted by Gasteiger charge is -1.99. The first kappa shape index (κ1) is 14.5. The van der Waals surface area contributed by atoms with Crippen LogP contribution in [-0.2, 0) is 0 Å². The van der Waals surface area contributed by atoms with Crippen LogP contribution in [0.3, 0.4) is 0 Å². The molecule has 1 aliphatic heterocycles. The van der Waals surface area contributed by atoms with Crippen LogP contribution in [-0.4, -0.2) is 0 Å². The van der Waals surface area contributed by atoms with E-state index in [1.165, 1.54) is 12.4 Å². The maximum atomic E-state index is 12.7. The molecule has 3 heterocycles. The maximum Gasteiger partial charge on any atom is 0.232 e. The Kier molecular flexibility index (Phi) is 2.99. The van der Waals surface area contributed by atoms with Crippen molar-refractivity contribution in [1.82, 2.24) is 0 Å². The highest BCUT2D eigenvalue weighted by atomic mass is 16.3. The Bertz CT molecular complexity index is 1460. The molecule has 0 fully saturated rings. The van der Waals surface area contributed by atoms with Gasteiger partial charge < -0.3 is 8.83 Å². The molecule has 0 saturated heterocycles. The van der Waals surface area contributed by atoms with E-state index in [-0.39, 0.29) is 32.4 Å². The molecule has 2 aromatic carbocycles. The van der Waals surface area contributed by atoms with E-state index < -0.39 is 0 Å². The number of rotatable bonds is 0. The lowest BCUT2D eigenvalue weighted by molar-refractivity contribution is 0.530. The standard InChI is InChI=1S/C20H10N2O4/c23-17-11-5-1-3-7-15(11)25-19-13(17)9-21-20-14(10-22-19)18(24)12-6-2-4-8-16(12)26-20/h1-10H/b13-9-,14-10-,21-9?,21-20+,22-10?,22-19+. The second kappa shape index (κ2) is 5.35. The van der Waals surface area contributed by atoms with E-state index in [1.807, 2.05) is 0 Å². The number of para-hydroxylation sites is 2. The summed E-state index contributed by atoms with van der Waals surface area (Å²) < 4.78 is 11.4. The van der Waals surface area contributed by atoms with Gasteiger partial charge in [-0.1, -0.05) is 24.3 Å². The van der Waals surface area contributed by atoms with E-state index in [9.17, 15) is 9.59 Å². The Hall–Kier alpha value is -3.80. The predicted octanol–water partition coefficient (Wildman–Crippen LogP) is 0.328. The van der Waals surface area contributed by atoms with Gasteiger partial charge in [-0.25, -0.2) is 9.98 Å². The summed E-state index contributed by atoms with van der Waals surface area (Å²) in [6.07, 6.45) is 2.67. The van der Waals surface area contributed by atoms with Crippen molar-refractivity contribution in [2.75, 3.05) is 0 Å². The van der Waals surface area contributed by atoms with Gasteiger partial charge in [0.25, 0.3) is 0 Å². The van der Waals surface area contributed by atoms with Crippen molar-refractivity contribution in [3.63, 3.8) is 0 Å². The maximum absolute atomic E-state index is 12.7. The molecule has 0 radical (unpaired) electrons. The smallest absolute Gasteiger partial charge is 0.232 e. The highest BCUT2D eigenvalue weighted by molar-refractivity contribution is 5.77. The molecule has 0 bridgehead atoms. The highest BCUT2D eigenvalue weighted by Crippen LogP contribution is 2.05. The normalized spacial score (nSPS) is 17.8. The molecule has 5 rings (SSSR count). The van der Waals surface area contributed by atoms with Crippen LogP contribution in [0.2, 0.25) is 0 Å². The molecule has 0 unspecified atom stereocenters. The van der Waals surface area contributed by atoms with Crippen molar-refractivity contribution in [1.29, 1.82) is 0 Å². The zero-order valence-corrected chi connectivity index (χ0v) is 13.3. The highest BCUT2D eigenvalue weighted by Gasteiger charge is 2.08. The van der Waals surface area contributed by atoms with Crippen LogP contribution in [0.5, 0.6) is 0 Å². The number of benzene rings is 2. The van der Waals surface area contributed by atoms with Crippen molar-refractivity contribution in [3.8, 4) is 0 Å². The lowest BCUT2D eigenvalue weighted by atomic mass is 10.2. The average molecular weight is 342 g/mol. The van der Waals surface area contributed by atoms with Crippen molar-refractivity contribution < 1.29 is 8.83 Å². The second-order valence-corrected chi connectivity index (χ2v) is 5.81. The molecule has 2 aromatic heterocycles. The Labute approximate surface area is 144 Å². The van der Waals surface area contributed by atoms with Crippen LogP contribution in [0, 0.1) is 0 Å². The van der Waals surface area contributed by atoms with Crippen molar-refractivity contribution >= 4 is 34.3 Å². The molecule has 4 aromatic rings. The van der Waals surface area contributed by atoms with Crippen molar-refractivity contribution in [3.05, 3.63) is 90.5 Å². The fourth-order valence-corrected chi connectivity index (χ4v) is 2.95. The Morgan fingerprint density at radius 2 is 1.04 bits per heavy atom. The average Bonchev–Trinajstić information content (AvgIpc) is 2.65. The molecule has 0 aliphatic carbocycles. The number of hydrogen-bond acceptors (Lipinski definition) is 6. The Balaban J connectivity index is 1.99. The lowest BCUT2D eigenvalue weighted by Crippen LogP contribution is -2.43. The summed E-state index contributed by atoms with van der Waals surface area (Å²) in [7, 11) is 0. The van der Waals surface area contributed by atoms with Crippen LogP contribution in [0.4, 0.5) is 0 Å². The first-order chi connectivity index (χ1) is 12.7. The van der Waals surface area contributed by atoms with E-state index in [4.69, 9.17) is 8.83 Å². The van der Waals surface area contributed by atoms with Crippen LogP contribution in [0.1, 0.15) is 0 Å². The second-order valence-electron chi connectivity index (χ2n) is 5.81. The largest absolute Gasteiger partial charge is 0.437 e. The third-order valence-electron chi connectivity index (χ3n) is 4.25. The van der Waals surface area contributed by atoms with Crippen LogP contribution in [0.15, 0.2) is 76.9 Å². The van der Waals surface area contributed by atoms with E-state index in [1.54, 1.807) is 48.5 Å². The molecular formula is C20H10N2O4. The van der Waals surface area contributed by atoms with Gasteiger partial charge in [0, 0.05) is 12.4 Å². The molecule has 0 saturated carbocycles. The molecule has 1 aliphatic rings. The molecule has 6 heteroatoms. The van der Waals surface area contributed by atoms with Gasteiger partial charge in [0.2, 0.25) is 22.0 Å². The van der Waals surface area contributed by atoms with Crippen molar-refractivity contribution in [2.24, 2.45) is 9.98 Å². The zero-order chi connectivity index (χ0) is 17.7. The minimum Gasteiger partial charge on any atom is -0.437 e. The molecule has 124 valence electrons. The Morgan fingerprint density at radius 1 is 0.615 bits per heavy atom. The fraction of sp³-hybridized carbons (Fsp3) is 0. The van der Waals surface area contributed by atoms with Gasteiger partial charge in [-0.3, -0.25) is 9.59 Å². The SMILES string of the molecule is O=c1c2/c(oc3ccccc13)=N\C=c1\c(=O)c3ccccc3o\c1=N\C=2. The fourth-order valence-electron chi connectivity index (χ4n) is 2.95. The summed E-state index contributed by atoms with van der Waals surface area (Å²) >= 11 is 0. The van der Waals surface area contributed by atoms with Gasteiger partial charge in [-0.2, -0.15) is 0 Å². The summed E-state index contributed by atoms with van der Waals surface area (Å²) in [5.74, 6) is 0. The van der Waals surface area contributed by atoms with E-state index >= 15 is 0 Å². The van der Waals surface area contributed by atoms with Crippen LogP contribution in [0.25, 0.3) is 34.3 Å². The van der Waals surface area contributed by atoms with Crippen LogP contribution >= 0.6 is 0 Å². The molecular weight excluding hydrogens is 332 g/mol. The summed E-state index contributed by atoms with van der Waals surface area (Å²) in [5, 5.41) is 1.30. The van der Waals surface area contributed by atoms with E-state index in [2.05, 4.69) is 9.98 Å². The first-order valence-corrected chi connectivity index (χ1v) is 7.92. The van der Waals surface area contributed by atoms with Gasteiger partial charge >= 0.3 is 0 Å².